The Morgan fingerprint density at radius 3 is 2.95 bits per heavy atom. The molecule has 1 spiro atoms. The third-order valence-electron chi connectivity index (χ3n) is 5.53. The van der Waals surface area contributed by atoms with Crippen molar-refractivity contribution in [2.45, 2.75) is 51.2 Å². The summed E-state index contributed by atoms with van der Waals surface area (Å²) in [4.78, 5) is 2.29. The largest absolute Gasteiger partial charge is 0.378 e. The Kier molecular flexibility index (Phi) is 3.25. The van der Waals surface area contributed by atoms with E-state index in [2.05, 4.69) is 39.5 Å². The topological polar surface area (TPSA) is 68.4 Å². The van der Waals surface area contributed by atoms with Crippen molar-refractivity contribution in [2.24, 2.45) is 5.41 Å². The van der Waals surface area contributed by atoms with Crippen LogP contribution in [-0.2, 0) is 4.74 Å². The van der Waals surface area contributed by atoms with Crippen LogP contribution in [0.2, 0.25) is 0 Å². The first-order valence-corrected chi connectivity index (χ1v) is 8.14. The highest BCUT2D eigenvalue weighted by atomic mass is 16.5. The molecule has 22 heavy (non-hydrogen) atoms. The molecule has 0 bridgehead atoms. The summed E-state index contributed by atoms with van der Waals surface area (Å²) in [6.07, 6.45) is 6.64. The van der Waals surface area contributed by atoms with Crippen molar-refractivity contribution in [3.05, 3.63) is 12.1 Å². The van der Waals surface area contributed by atoms with Gasteiger partial charge in [0.2, 0.25) is 0 Å². The van der Waals surface area contributed by atoms with Crippen LogP contribution in [0, 0.1) is 5.41 Å². The number of hydrogen-bond donors (Lipinski definition) is 0. The van der Waals surface area contributed by atoms with Gasteiger partial charge in [0, 0.05) is 25.1 Å². The molecule has 2 aromatic rings. The van der Waals surface area contributed by atoms with Crippen LogP contribution in [0.3, 0.4) is 0 Å². The number of hydrogen-bond acceptors (Lipinski definition) is 6. The zero-order valence-electron chi connectivity index (χ0n) is 13.1. The van der Waals surface area contributed by atoms with Crippen LogP contribution in [-0.4, -0.2) is 51.1 Å². The number of aromatic nitrogens is 5. The normalized spacial score (nSPS) is 26.5. The monoisotopic (exact) mass is 302 g/mol. The van der Waals surface area contributed by atoms with Crippen LogP contribution >= 0.6 is 0 Å². The maximum atomic E-state index is 6.01. The van der Waals surface area contributed by atoms with Crippen LogP contribution in [0.1, 0.15) is 39.0 Å². The summed E-state index contributed by atoms with van der Waals surface area (Å²) >= 11 is 0. The number of nitrogens with zero attached hydrogens (tertiary/aromatic N) is 6. The first kappa shape index (κ1) is 13.9. The van der Waals surface area contributed by atoms with Gasteiger partial charge in [0.25, 0.3) is 0 Å². The summed E-state index contributed by atoms with van der Waals surface area (Å²) in [7, 11) is 2.13. The molecule has 2 aliphatic carbocycles. The molecular weight excluding hydrogens is 280 g/mol. The fourth-order valence-electron chi connectivity index (χ4n) is 4.38. The van der Waals surface area contributed by atoms with Crippen LogP contribution < -0.4 is 4.90 Å². The number of rotatable bonds is 4. The van der Waals surface area contributed by atoms with Crippen molar-refractivity contribution in [1.29, 1.82) is 0 Å². The van der Waals surface area contributed by atoms with Crippen molar-refractivity contribution in [3.8, 4) is 0 Å². The van der Waals surface area contributed by atoms with E-state index in [1.807, 2.05) is 12.1 Å². The molecule has 118 valence electrons. The Balaban J connectivity index is 1.60. The predicted molar refractivity (Wildman–Crippen MR) is 81.7 cm³/mol. The van der Waals surface area contributed by atoms with Crippen LogP contribution in [0.4, 0.5) is 5.82 Å². The van der Waals surface area contributed by atoms with Crippen LogP contribution in [0.25, 0.3) is 5.65 Å². The molecule has 7 heteroatoms. The molecule has 7 nitrogen and oxygen atoms in total. The zero-order valence-corrected chi connectivity index (χ0v) is 13.1. The highest BCUT2D eigenvalue weighted by Crippen LogP contribution is 2.56. The van der Waals surface area contributed by atoms with Gasteiger partial charge in [0.1, 0.15) is 0 Å². The maximum Gasteiger partial charge on any atom is 0.200 e. The molecule has 2 atom stereocenters. The van der Waals surface area contributed by atoms with E-state index < -0.39 is 0 Å². The first-order valence-electron chi connectivity index (χ1n) is 8.14. The molecule has 0 amide bonds. The molecule has 2 unspecified atom stereocenters. The van der Waals surface area contributed by atoms with Gasteiger partial charge in [-0.25, -0.2) is 0 Å². The van der Waals surface area contributed by atoms with Gasteiger partial charge < -0.3 is 9.64 Å². The van der Waals surface area contributed by atoms with Crippen molar-refractivity contribution < 1.29 is 4.74 Å². The fourth-order valence-corrected chi connectivity index (χ4v) is 4.38. The minimum absolute atomic E-state index is 0.308. The second-order valence-electron chi connectivity index (χ2n) is 6.46. The van der Waals surface area contributed by atoms with Crippen molar-refractivity contribution >= 4 is 11.5 Å². The lowest BCUT2D eigenvalue weighted by atomic mass is 9.60. The molecule has 2 aliphatic rings. The van der Waals surface area contributed by atoms with Gasteiger partial charge in [-0.3, -0.25) is 0 Å². The molecule has 4 rings (SSSR count). The van der Waals surface area contributed by atoms with Crippen LogP contribution in [0.15, 0.2) is 12.1 Å². The average Bonchev–Trinajstić information content (AvgIpc) is 3.19. The Hall–Kier alpha value is -1.76. The summed E-state index contributed by atoms with van der Waals surface area (Å²) in [5.74, 6) is 0.922. The van der Waals surface area contributed by atoms with Gasteiger partial charge in [-0.05, 0) is 48.7 Å². The quantitative estimate of drug-likeness (QED) is 0.856. The summed E-state index contributed by atoms with van der Waals surface area (Å²) < 4.78 is 7.50. The number of anilines is 1. The van der Waals surface area contributed by atoms with E-state index in [-0.39, 0.29) is 0 Å². The van der Waals surface area contributed by atoms with E-state index in [9.17, 15) is 0 Å². The standard InChI is InChI=1S/C15H22N6O/c1-3-22-12-10-11(15(12)8-4-5-9-15)20(2)14-7-6-13-16-18-19-21(13)17-14/h6-7,11-12H,3-5,8-10H2,1-2H3. The maximum absolute atomic E-state index is 6.01. The van der Waals surface area contributed by atoms with Gasteiger partial charge in [-0.1, -0.05) is 12.8 Å². The third-order valence-corrected chi connectivity index (χ3v) is 5.53. The molecule has 2 heterocycles. The zero-order chi connectivity index (χ0) is 15.2. The van der Waals surface area contributed by atoms with Gasteiger partial charge in [-0.2, -0.15) is 0 Å². The Bertz CT molecular complexity index is 665. The Labute approximate surface area is 129 Å². The highest BCUT2D eigenvalue weighted by Gasteiger charge is 2.58. The van der Waals surface area contributed by atoms with E-state index in [4.69, 9.17) is 4.74 Å². The predicted octanol–water partition coefficient (Wildman–Crippen LogP) is 1.69. The second-order valence-corrected chi connectivity index (χ2v) is 6.46. The van der Waals surface area contributed by atoms with Crippen molar-refractivity contribution in [1.82, 2.24) is 25.3 Å². The van der Waals surface area contributed by atoms with Crippen molar-refractivity contribution in [3.63, 3.8) is 0 Å². The lowest BCUT2D eigenvalue weighted by Crippen LogP contribution is -2.63. The SMILES string of the molecule is CCOC1CC(N(C)c2ccc3nnnn3n2)C12CCCC2. The molecular formula is C15H22N6O. The second kappa shape index (κ2) is 5.15. The summed E-state index contributed by atoms with van der Waals surface area (Å²) in [6, 6.07) is 4.41. The minimum Gasteiger partial charge on any atom is -0.378 e. The molecule has 0 N–H and O–H groups in total. The fraction of sp³-hybridized carbons (Fsp3) is 0.733. The molecule has 2 saturated carbocycles. The molecule has 2 aromatic heterocycles. The van der Waals surface area contributed by atoms with E-state index in [0.717, 1.165) is 18.8 Å². The summed E-state index contributed by atoms with van der Waals surface area (Å²) in [5, 5.41) is 16.0. The lowest BCUT2D eigenvalue weighted by Gasteiger charge is -2.57. The Morgan fingerprint density at radius 2 is 2.18 bits per heavy atom. The molecule has 0 radical (unpaired) electrons. The van der Waals surface area contributed by atoms with Gasteiger partial charge in [0.05, 0.1) is 6.10 Å². The lowest BCUT2D eigenvalue weighted by molar-refractivity contribution is -0.121. The number of fused-ring (bicyclic) bond motifs is 1. The highest BCUT2D eigenvalue weighted by molar-refractivity contribution is 5.46. The van der Waals surface area contributed by atoms with Crippen LogP contribution in [0.5, 0.6) is 0 Å². The Morgan fingerprint density at radius 1 is 1.36 bits per heavy atom. The summed E-state index contributed by atoms with van der Waals surface area (Å²) in [6.45, 7) is 2.89. The van der Waals surface area contributed by atoms with E-state index in [0.29, 0.717) is 23.2 Å². The molecule has 0 aliphatic heterocycles. The van der Waals surface area contributed by atoms with E-state index >= 15 is 0 Å². The molecule has 0 saturated heterocycles. The molecule has 0 aromatic carbocycles. The van der Waals surface area contributed by atoms with E-state index in [1.165, 1.54) is 30.3 Å². The number of ether oxygens (including phenoxy) is 1. The first-order chi connectivity index (χ1) is 10.7. The van der Waals surface area contributed by atoms with Gasteiger partial charge in [0.15, 0.2) is 11.5 Å². The summed E-state index contributed by atoms with van der Waals surface area (Å²) in [5.41, 5.74) is 0.982. The number of tetrazole rings is 1. The molecule has 2 fully saturated rings. The third kappa shape index (κ3) is 1.91. The van der Waals surface area contributed by atoms with Gasteiger partial charge in [-0.15, -0.1) is 14.8 Å². The average molecular weight is 302 g/mol. The van der Waals surface area contributed by atoms with Crippen molar-refractivity contribution in [2.75, 3.05) is 18.6 Å². The minimum atomic E-state index is 0.308. The smallest absolute Gasteiger partial charge is 0.200 e. The van der Waals surface area contributed by atoms with E-state index in [1.54, 1.807) is 0 Å². The van der Waals surface area contributed by atoms with Gasteiger partial charge >= 0.3 is 0 Å².